The summed E-state index contributed by atoms with van der Waals surface area (Å²) in [4.78, 5) is 0. The fourth-order valence-corrected chi connectivity index (χ4v) is 3.14. The van der Waals surface area contributed by atoms with Gasteiger partial charge in [-0.05, 0) is 42.7 Å². The lowest BCUT2D eigenvalue weighted by Crippen LogP contribution is -2.36. The first-order valence-corrected chi connectivity index (χ1v) is 7.48. The summed E-state index contributed by atoms with van der Waals surface area (Å²) in [5.74, 6) is -0.740. The van der Waals surface area contributed by atoms with Crippen molar-refractivity contribution >= 4 is 0 Å². The summed E-state index contributed by atoms with van der Waals surface area (Å²) < 4.78 is 33.6. The highest BCUT2D eigenvalue weighted by molar-refractivity contribution is 5.37. The molecule has 0 saturated heterocycles. The smallest absolute Gasteiger partial charge is 0.191 e. The Bertz CT molecular complexity index is 527. The molecule has 0 heterocycles. The highest BCUT2D eigenvalue weighted by atomic mass is 19.1. The second kappa shape index (κ2) is 6.43. The van der Waals surface area contributed by atoms with Crippen LogP contribution < -0.4 is 4.74 Å². The maximum absolute atomic E-state index is 14.0. The Morgan fingerprint density at radius 3 is 2.38 bits per heavy atom. The molecular formula is C17H21F2NO. The maximum Gasteiger partial charge on any atom is 0.191 e. The van der Waals surface area contributed by atoms with E-state index in [0.29, 0.717) is 17.8 Å². The molecule has 0 amide bonds. The second-order valence-corrected chi connectivity index (χ2v) is 6.36. The first kappa shape index (κ1) is 15.8. The molecule has 2 nitrogen and oxygen atoms in total. The lowest BCUT2D eigenvalue weighted by Gasteiger charge is -2.37. The molecule has 3 atom stereocenters. The first-order chi connectivity index (χ1) is 9.92. The summed E-state index contributed by atoms with van der Waals surface area (Å²) in [6.45, 7) is 6.36. The lowest BCUT2D eigenvalue weighted by molar-refractivity contribution is 0.0400. The molecule has 21 heavy (non-hydrogen) atoms. The normalized spacial score (nSPS) is 25.7. The summed E-state index contributed by atoms with van der Waals surface area (Å²) >= 11 is 0. The number of nitrogens with zero attached hydrogens (tertiary/aromatic N) is 1. The number of ether oxygens (including phenoxy) is 1. The topological polar surface area (TPSA) is 33.0 Å². The monoisotopic (exact) mass is 293 g/mol. The summed E-state index contributed by atoms with van der Waals surface area (Å²) in [6.07, 6.45) is 2.77. The van der Waals surface area contributed by atoms with Gasteiger partial charge in [-0.25, -0.2) is 8.78 Å². The molecule has 0 aliphatic heterocycles. The summed E-state index contributed by atoms with van der Waals surface area (Å²) in [6, 6.07) is 3.78. The molecular weight excluding hydrogens is 272 g/mol. The lowest BCUT2D eigenvalue weighted by atomic mass is 9.75. The van der Waals surface area contributed by atoms with Crippen molar-refractivity contribution in [2.24, 2.45) is 17.8 Å². The predicted octanol–water partition coefficient (Wildman–Crippen LogP) is 4.68. The highest BCUT2D eigenvalue weighted by Gasteiger charge is 2.33. The molecule has 1 aromatic rings. The van der Waals surface area contributed by atoms with Gasteiger partial charge in [-0.3, -0.25) is 0 Å². The van der Waals surface area contributed by atoms with Crippen LogP contribution >= 0.6 is 0 Å². The zero-order valence-electron chi connectivity index (χ0n) is 12.7. The van der Waals surface area contributed by atoms with E-state index in [0.717, 1.165) is 31.4 Å². The molecule has 114 valence electrons. The van der Waals surface area contributed by atoms with Gasteiger partial charge in [-0.2, -0.15) is 5.26 Å². The van der Waals surface area contributed by atoms with Crippen LogP contribution in [0.15, 0.2) is 12.1 Å². The van der Waals surface area contributed by atoms with E-state index in [9.17, 15) is 8.78 Å². The van der Waals surface area contributed by atoms with E-state index in [1.54, 1.807) is 6.07 Å². The molecule has 0 bridgehead atoms. The Hall–Kier alpha value is -1.63. The minimum absolute atomic E-state index is 0.0326. The fraction of sp³-hybridized carbons (Fsp3) is 0.588. The SMILES string of the molecule is CC1CCC(C(C)C)C(Oc2c(F)cc(C#N)cc2F)C1. The zero-order chi connectivity index (χ0) is 15.6. The molecule has 0 aromatic heterocycles. The van der Waals surface area contributed by atoms with E-state index < -0.39 is 11.6 Å². The molecule has 0 N–H and O–H groups in total. The Morgan fingerprint density at radius 2 is 1.86 bits per heavy atom. The van der Waals surface area contributed by atoms with Crippen molar-refractivity contribution in [1.82, 2.24) is 0 Å². The van der Waals surface area contributed by atoms with E-state index >= 15 is 0 Å². The number of halogens is 2. The van der Waals surface area contributed by atoms with Crippen LogP contribution in [0.5, 0.6) is 5.75 Å². The molecule has 4 heteroatoms. The van der Waals surface area contributed by atoms with Gasteiger partial charge in [0, 0.05) is 0 Å². The van der Waals surface area contributed by atoms with Gasteiger partial charge in [0.15, 0.2) is 17.4 Å². The van der Waals surface area contributed by atoms with Crippen LogP contribution in [0, 0.1) is 40.7 Å². The van der Waals surface area contributed by atoms with Gasteiger partial charge in [-0.15, -0.1) is 0 Å². The van der Waals surface area contributed by atoms with Crippen LogP contribution in [0.2, 0.25) is 0 Å². The Morgan fingerprint density at radius 1 is 1.24 bits per heavy atom. The molecule has 1 aliphatic rings. The molecule has 1 fully saturated rings. The third-order valence-electron chi connectivity index (χ3n) is 4.36. The maximum atomic E-state index is 14.0. The average Bonchev–Trinajstić information content (AvgIpc) is 2.42. The van der Waals surface area contributed by atoms with E-state index in [-0.39, 0.29) is 17.4 Å². The van der Waals surface area contributed by atoms with E-state index in [4.69, 9.17) is 10.00 Å². The van der Waals surface area contributed by atoms with Crippen molar-refractivity contribution in [2.45, 2.75) is 46.1 Å². The van der Waals surface area contributed by atoms with E-state index in [1.807, 2.05) is 0 Å². The summed E-state index contributed by atoms with van der Waals surface area (Å²) in [5.41, 5.74) is -0.0326. The number of nitriles is 1. The van der Waals surface area contributed by atoms with Crippen LogP contribution in [-0.2, 0) is 0 Å². The van der Waals surface area contributed by atoms with Crippen LogP contribution in [-0.4, -0.2) is 6.10 Å². The number of benzene rings is 1. The van der Waals surface area contributed by atoms with Crippen LogP contribution in [0.25, 0.3) is 0 Å². The van der Waals surface area contributed by atoms with Gasteiger partial charge in [-0.1, -0.05) is 27.2 Å². The third-order valence-corrected chi connectivity index (χ3v) is 4.36. The Kier molecular flexibility index (Phi) is 4.82. The van der Waals surface area contributed by atoms with E-state index in [2.05, 4.69) is 20.8 Å². The quantitative estimate of drug-likeness (QED) is 0.811. The van der Waals surface area contributed by atoms with E-state index in [1.165, 1.54) is 0 Å². The molecule has 3 unspecified atom stereocenters. The minimum Gasteiger partial charge on any atom is -0.484 e. The van der Waals surface area contributed by atoms with Crippen molar-refractivity contribution in [1.29, 1.82) is 5.26 Å². The van der Waals surface area contributed by atoms with Crippen LogP contribution in [0.3, 0.4) is 0 Å². The molecule has 1 saturated carbocycles. The molecule has 1 aliphatic carbocycles. The molecule has 2 rings (SSSR count). The highest BCUT2D eigenvalue weighted by Crippen LogP contribution is 2.37. The number of hydrogen-bond acceptors (Lipinski definition) is 2. The van der Waals surface area contributed by atoms with Gasteiger partial charge in [0.1, 0.15) is 6.10 Å². The molecule has 0 spiro atoms. The minimum atomic E-state index is -0.799. The number of rotatable bonds is 3. The first-order valence-electron chi connectivity index (χ1n) is 7.48. The zero-order valence-corrected chi connectivity index (χ0v) is 12.7. The Labute approximate surface area is 124 Å². The molecule has 0 radical (unpaired) electrons. The van der Waals surface area contributed by atoms with Gasteiger partial charge in [0.2, 0.25) is 0 Å². The third kappa shape index (κ3) is 3.53. The largest absolute Gasteiger partial charge is 0.484 e. The fourth-order valence-electron chi connectivity index (χ4n) is 3.14. The summed E-state index contributed by atoms with van der Waals surface area (Å²) in [7, 11) is 0. The van der Waals surface area contributed by atoms with Crippen LogP contribution in [0.1, 0.15) is 45.6 Å². The van der Waals surface area contributed by atoms with Crippen molar-refractivity contribution in [3.05, 3.63) is 29.3 Å². The van der Waals surface area contributed by atoms with Crippen LogP contribution in [0.4, 0.5) is 8.78 Å². The average molecular weight is 293 g/mol. The predicted molar refractivity (Wildman–Crippen MR) is 76.8 cm³/mol. The van der Waals surface area contributed by atoms with Crippen molar-refractivity contribution < 1.29 is 13.5 Å². The van der Waals surface area contributed by atoms with Crippen molar-refractivity contribution in [3.63, 3.8) is 0 Å². The van der Waals surface area contributed by atoms with Gasteiger partial charge in [0.05, 0.1) is 11.6 Å². The van der Waals surface area contributed by atoms with Gasteiger partial charge in [0.25, 0.3) is 0 Å². The van der Waals surface area contributed by atoms with Crippen molar-refractivity contribution in [2.75, 3.05) is 0 Å². The number of hydrogen-bond donors (Lipinski definition) is 0. The Balaban J connectivity index is 2.25. The van der Waals surface area contributed by atoms with Gasteiger partial charge >= 0.3 is 0 Å². The standard InChI is InChI=1S/C17H21F2NO/c1-10(2)13-5-4-11(3)6-16(13)21-17-14(18)7-12(9-20)8-15(17)19/h7-8,10-11,13,16H,4-6H2,1-3H3. The second-order valence-electron chi connectivity index (χ2n) is 6.36. The summed E-state index contributed by atoms with van der Waals surface area (Å²) in [5, 5.41) is 8.72. The van der Waals surface area contributed by atoms with Crippen molar-refractivity contribution in [3.8, 4) is 11.8 Å². The van der Waals surface area contributed by atoms with Gasteiger partial charge < -0.3 is 4.74 Å². The molecule has 1 aromatic carbocycles.